The summed E-state index contributed by atoms with van der Waals surface area (Å²) >= 11 is 0. The van der Waals surface area contributed by atoms with Gasteiger partial charge in [0.2, 0.25) is 5.88 Å². The topological polar surface area (TPSA) is 121 Å². The highest BCUT2D eigenvalue weighted by Gasteiger charge is 2.62. The second-order valence-corrected chi connectivity index (χ2v) is 7.16. The lowest BCUT2D eigenvalue weighted by molar-refractivity contribution is -0.219. The Morgan fingerprint density at radius 2 is 2.09 bits per heavy atom. The number of ether oxygens (including phenoxy) is 3. The zero-order valence-electron chi connectivity index (χ0n) is 16.5. The quantitative estimate of drug-likeness (QED) is 0.677. The zero-order chi connectivity index (χ0) is 23.1. The molecule has 3 N–H and O–H groups in total. The van der Waals surface area contributed by atoms with Gasteiger partial charge in [-0.05, 0) is 18.2 Å². The predicted octanol–water partition coefficient (Wildman–Crippen LogP) is 1.99. The number of rotatable bonds is 4. The highest BCUT2D eigenvalue weighted by atomic mass is 19.4. The van der Waals surface area contributed by atoms with E-state index in [1.165, 1.54) is 31.6 Å². The summed E-state index contributed by atoms with van der Waals surface area (Å²) in [7, 11) is 1.39. The molecule has 170 valence electrons. The van der Waals surface area contributed by atoms with Gasteiger partial charge in [0.15, 0.2) is 6.10 Å². The molecule has 1 saturated heterocycles. The first-order valence-corrected chi connectivity index (χ1v) is 9.28. The summed E-state index contributed by atoms with van der Waals surface area (Å²) in [6.45, 7) is -1.03. The number of nitrogens with two attached hydrogens (primary N) is 1. The van der Waals surface area contributed by atoms with E-state index >= 15 is 0 Å². The highest BCUT2D eigenvalue weighted by Crippen LogP contribution is 2.50. The van der Waals surface area contributed by atoms with Crippen LogP contribution in [-0.2, 0) is 15.0 Å². The van der Waals surface area contributed by atoms with Crippen LogP contribution in [0.4, 0.5) is 23.2 Å². The van der Waals surface area contributed by atoms with Crippen molar-refractivity contribution < 1.29 is 36.6 Å². The Bertz CT molecular complexity index is 1060. The van der Waals surface area contributed by atoms with Gasteiger partial charge >= 0.3 is 6.18 Å². The van der Waals surface area contributed by atoms with E-state index in [4.69, 9.17) is 19.9 Å². The molecule has 3 atom stereocenters. The number of carbonyl (C=O) groups is 1. The standard InChI is InChI=1S/C19H17F4N5O4/c1-30-14-6-25-13(5-26-14)16(29)27-9-2-3-12(20)10(4-9)18-8-32-15(19(21,22)23)11(18)7-31-17(24)28-18/h2-6,11,15H,7-8H2,1H3,(H2,24,28)(H,27,29)/t11-,15+,18?/m1/s1. The summed E-state index contributed by atoms with van der Waals surface area (Å²) in [5.41, 5.74) is 3.68. The van der Waals surface area contributed by atoms with Gasteiger partial charge in [-0.3, -0.25) is 4.79 Å². The molecule has 0 bridgehead atoms. The van der Waals surface area contributed by atoms with Gasteiger partial charge in [-0.2, -0.15) is 13.2 Å². The minimum Gasteiger partial charge on any atom is -0.480 e. The molecule has 1 amide bonds. The van der Waals surface area contributed by atoms with Crippen molar-refractivity contribution in [2.45, 2.75) is 17.8 Å². The summed E-state index contributed by atoms with van der Waals surface area (Å²) in [5.74, 6) is -2.67. The third-order valence-corrected chi connectivity index (χ3v) is 5.27. The number of nitrogens with zero attached hydrogens (tertiary/aromatic N) is 3. The fourth-order valence-corrected chi connectivity index (χ4v) is 3.76. The van der Waals surface area contributed by atoms with Crippen LogP contribution >= 0.6 is 0 Å². The van der Waals surface area contributed by atoms with Gasteiger partial charge in [0.25, 0.3) is 11.9 Å². The summed E-state index contributed by atoms with van der Waals surface area (Å²) in [6, 6.07) is 3.08. The minimum absolute atomic E-state index is 0.0534. The lowest BCUT2D eigenvalue weighted by Gasteiger charge is -2.36. The Hall–Kier alpha value is -3.48. The van der Waals surface area contributed by atoms with E-state index in [0.29, 0.717) is 0 Å². The first-order chi connectivity index (χ1) is 15.1. The van der Waals surface area contributed by atoms with Crippen molar-refractivity contribution in [2.75, 3.05) is 25.6 Å². The van der Waals surface area contributed by atoms with E-state index in [1.807, 2.05) is 0 Å². The van der Waals surface area contributed by atoms with E-state index in [0.717, 1.165) is 6.07 Å². The largest absolute Gasteiger partial charge is 0.480 e. The molecule has 13 heteroatoms. The number of hydrogen-bond donors (Lipinski definition) is 2. The normalized spacial score (nSPS) is 24.8. The van der Waals surface area contributed by atoms with Gasteiger partial charge in [0.05, 0.1) is 38.6 Å². The molecule has 1 aromatic carbocycles. The number of fused-ring (bicyclic) bond motifs is 1. The number of amidine groups is 1. The summed E-state index contributed by atoms with van der Waals surface area (Å²) in [6.07, 6.45) is -4.52. The molecule has 9 nitrogen and oxygen atoms in total. The molecule has 2 aliphatic heterocycles. The molecule has 4 rings (SSSR count). The molecule has 3 heterocycles. The first-order valence-electron chi connectivity index (χ1n) is 9.28. The summed E-state index contributed by atoms with van der Waals surface area (Å²) in [5, 5.41) is 2.51. The molecule has 1 aromatic heterocycles. The SMILES string of the molecule is COc1cnc(C(=O)Nc2ccc(F)c(C34CO[C@H](C(F)(F)F)[C@H]3COC(N)=N4)c2)cn1. The van der Waals surface area contributed by atoms with Gasteiger partial charge in [-0.25, -0.2) is 19.4 Å². The van der Waals surface area contributed by atoms with Crippen LogP contribution in [0, 0.1) is 11.7 Å². The molecule has 1 unspecified atom stereocenters. The molecular weight excluding hydrogens is 438 g/mol. The average Bonchev–Trinajstić information content (AvgIpc) is 3.15. The molecule has 0 saturated carbocycles. The smallest absolute Gasteiger partial charge is 0.415 e. The van der Waals surface area contributed by atoms with Crippen LogP contribution in [0.1, 0.15) is 16.1 Å². The monoisotopic (exact) mass is 455 g/mol. The van der Waals surface area contributed by atoms with Gasteiger partial charge < -0.3 is 25.3 Å². The van der Waals surface area contributed by atoms with Crippen molar-refractivity contribution in [3.63, 3.8) is 0 Å². The number of nitrogens with one attached hydrogen (secondary N) is 1. The van der Waals surface area contributed by atoms with Gasteiger partial charge in [0.1, 0.15) is 17.1 Å². The molecule has 2 aliphatic rings. The number of methoxy groups -OCH3 is 1. The molecule has 1 fully saturated rings. The number of carbonyl (C=O) groups excluding carboxylic acids is 1. The maximum absolute atomic E-state index is 14.8. The zero-order valence-corrected chi connectivity index (χ0v) is 16.5. The third-order valence-electron chi connectivity index (χ3n) is 5.27. The van der Waals surface area contributed by atoms with E-state index in [2.05, 4.69) is 20.3 Å². The Morgan fingerprint density at radius 1 is 1.31 bits per heavy atom. The molecular formula is C19H17F4N5O4. The maximum Gasteiger partial charge on any atom is 0.415 e. The minimum atomic E-state index is -4.72. The van der Waals surface area contributed by atoms with Crippen LogP contribution in [0.2, 0.25) is 0 Å². The first kappa shape index (κ1) is 21.7. The van der Waals surface area contributed by atoms with Crippen molar-refractivity contribution >= 4 is 17.6 Å². The van der Waals surface area contributed by atoms with Crippen molar-refractivity contribution in [1.82, 2.24) is 9.97 Å². The number of aliphatic imine (C=N–C) groups is 1. The Kier molecular flexibility index (Phi) is 5.36. The molecule has 0 radical (unpaired) electrons. The van der Waals surface area contributed by atoms with Crippen molar-refractivity contribution in [1.29, 1.82) is 0 Å². The van der Waals surface area contributed by atoms with Crippen LogP contribution in [0.3, 0.4) is 0 Å². The van der Waals surface area contributed by atoms with Crippen LogP contribution < -0.4 is 15.8 Å². The lowest BCUT2D eigenvalue weighted by atomic mass is 9.77. The van der Waals surface area contributed by atoms with Gasteiger partial charge in [0, 0.05) is 11.3 Å². The van der Waals surface area contributed by atoms with Crippen LogP contribution in [0.5, 0.6) is 5.88 Å². The van der Waals surface area contributed by atoms with Crippen molar-refractivity contribution in [3.8, 4) is 5.88 Å². The summed E-state index contributed by atoms with van der Waals surface area (Å²) in [4.78, 5) is 24.3. The van der Waals surface area contributed by atoms with Crippen LogP contribution in [0.25, 0.3) is 0 Å². The van der Waals surface area contributed by atoms with E-state index < -0.39 is 48.7 Å². The second kappa shape index (κ2) is 7.89. The number of alkyl halides is 3. The third kappa shape index (κ3) is 3.79. The number of amides is 1. The Morgan fingerprint density at radius 3 is 2.75 bits per heavy atom. The molecule has 0 aliphatic carbocycles. The number of aromatic nitrogens is 2. The number of anilines is 1. The molecule has 2 aromatic rings. The van der Waals surface area contributed by atoms with E-state index in [1.54, 1.807) is 0 Å². The fraction of sp³-hybridized carbons (Fsp3) is 0.368. The number of hydrogen-bond acceptors (Lipinski definition) is 8. The van der Waals surface area contributed by atoms with Crippen molar-refractivity contribution in [2.24, 2.45) is 16.6 Å². The Labute approximate surface area is 178 Å². The van der Waals surface area contributed by atoms with Gasteiger partial charge in [-0.1, -0.05) is 0 Å². The predicted molar refractivity (Wildman–Crippen MR) is 101 cm³/mol. The Balaban J connectivity index is 1.68. The van der Waals surface area contributed by atoms with Crippen molar-refractivity contribution in [3.05, 3.63) is 47.7 Å². The van der Waals surface area contributed by atoms with Crippen LogP contribution in [0.15, 0.2) is 35.6 Å². The molecule has 0 spiro atoms. The maximum atomic E-state index is 14.8. The van der Waals surface area contributed by atoms with Gasteiger partial charge in [-0.15, -0.1) is 0 Å². The van der Waals surface area contributed by atoms with E-state index in [-0.39, 0.29) is 28.8 Å². The number of halogens is 4. The summed E-state index contributed by atoms with van der Waals surface area (Å²) < 4.78 is 70.1. The second-order valence-electron chi connectivity index (χ2n) is 7.16. The van der Waals surface area contributed by atoms with Crippen LogP contribution in [-0.4, -0.2) is 54.5 Å². The van der Waals surface area contributed by atoms with E-state index in [9.17, 15) is 22.4 Å². The fourth-order valence-electron chi connectivity index (χ4n) is 3.76. The number of benzene rings is 1. The highest BCUT2D eigenvalue weighted by molar-refractivity contribution is 6.02. The average molecular weight is 455 g/mol. The molecule has 32 heavy (non-hydrogen) atoms. The lowest BCUT2D eigenvalue weighted by Crippen LogP contribution is -2.48.